The van der Waals surface area contributed by atoms with Crippen molar-refractivity contribution in [1.29, 1.82) is 10.5 Å². The molecule has 3 aromatic carbocycles. The minimum Gasteiger partial charge on any atom is -0.493 e. The SMILES string of the molecule is Cc1ccc(OCCCCC#N)c(CN2CCOC[C@H]2C(=O)O)c1/C=C/c1cccc(-c2ccccc2)c1C#N. The number of nitrogens with zero attached hydrogens (tertiary/aromatic N) is 3. The molecule has 0 radical (unpaired) electrons. The van der Waals surface area contributed by atoms with Crippen molar-refractivity contribution >= 4 is 18.1 Å². The molecule has 0 amide bonds. The number of ether oxygens (including phenoxy) is 2. The molecule has 7 nitrogen and oxygen atoms in total. The van der Waals surface area contributed by atoms with Gasteiger partial charge in [0.1, 0.15) is 17.9 Å². The van der Waals surface area contributed by atoms with Gasteiger partial charge in [-0.3, -0.25) is 9.69 Å². The number of benzene rings is 3. The van der Waals surface area contributed by atoms with Crippen LogP contribution in [0.4, 0.5) is 0 Å². The van der Waals surface area contributed by atoms with Gasteiger partial charge < -0.3 is 14.6 Å². The Morgan fingerprint density at radius 3 is 2.67 bits per heavy atom. The third kappa shape index (κ3) is 6.95. The second kappa shape index (κ2) is 14.1. The summed E-state index contributed by atoms with van der Waals surface area (Å²) in [5.74, 6) is -0.226. The predicted molar refractivity (Wildman–Crippen MR) is 154 cm³/mol. The first-order valence-electron chi connectivity index (χ1n) is 13.5. The van der Waals surface area contributed by atoms with E-state index in [-0.39, 0.29) is 6.61 Å². The van der Waals surface area contributed by atoms with Gasteiger partial charge in [-0.25, -0.2) is 0 Å². The van der Waals surface area contributed by atoms with Gasteiger partial charge in [-0.15, -0.1) is 0 Å². The van der Waals surface area contributed by atoms with E-state index in [2.05, 4.69) is 12.1 Å². The zero-order valence-corrected chi connectivity index (χ0v) is 22.7. The first kappa shape index (κ1) is 28.6. The number of rotatable bonds is 11. The van der Waals surface area contributed by atoms with Crippen molar-refractivity contribution in [3.63, 3.8) is 0 Å². The van der Waals surface area contributed by atoms with Gasteiger partial charge in [0.05, 0.1) is 31.5 Å². The van der Waals surface area contributed by atoms with Gasteiger partial charge in [-0.1, -0.05) is 66.7 Å². The van der Waals surface area contributed by atoms with Crippen molar-refractivity contribution in [3.05, 3.63) is 88.5 Å². The van der Waals surface area contributed by atoms with E-state index in [0.29, 0.717) is 44.0 Å². The Bertz CT molecular complexity index is 1440. The van der Waals surface area contributed by atoms with Crippen LogP contribution in [0.3, 0.4) is 0 Å². The standard InChI is InChI=1S/C33H33N3O4/c1-24-13-16-32(40-19-7-3-6-17-34)30(22-36-18-20-39-23-31(36)33(37)38)27(24)15-14-26-11-8-12-28(29(26)21-35)25-9-4-2-5-10-25/h2,4-5,8-16,31H,3,6-7,18-20,22-23H2,1H3,(H,37,38)/b15-14+/t31-/m0/s1. The number of nitriles is 2. The summed E-state index contributed by atoms with van der Waals surface area (Å²) in [5, 5.41) is 28.7. The minimum atomic E-state index is -0.917. The monoisotopic (exact) mass is 535 g/mol. The first-order chi connectivity index (χ1) is 19.5. The molecule has 1 aliphatic rings. The summed E-state index contributed by atoms with van der Waals surface area (Å²) in [5.41, 5.74) is 6.07. The van der Waals surface area contributed by atoms with Crippen molar-refractivity contribution in [3.8, 4) is 29.0 Å². The Kier molecular flexibility index (Phi) is 10.1. The van der Waals surface area contributed by atoms with Gasteiger partial charge in [-0.05, 0) is 48.1 Å². The number of carboxylic acid groups (broad SMARTS) is 1. The second-order valence-electron chi connectivity index (χ2n) is 9.72. The molecule has 204 valence electrons. The largest absolute Gasteiger partial charge is 0.493 e. The lowest BCUT2D eigenvalue weighted by Crippen LogP contribution is -2.49. The van der Waals surface area contributed by atoms with Crippen LogP contribution in [0.25, 0.3) is 23.3 Å². The number of carboxylic acids is 1. The molecule has 40 heavy (non-hydrogen) atoms. The molecule has 0 bridgehead atoms. The van der Waals surface area contributed by atoms with Gasteiger partial charge in [0.15, 0.2) is 0 Å². The van der Waals surface area contributed by atoms with Gasteiger partial charge in [0.2, 0.25) is 0 Å². The average molecular weight is 536 g/mol. The highest BCUT2D eigenvalue weighted by molar-refractivity contribution is 5.81. The molecule has 1 saturated heterocycles. The van der Waals surface area contributed by atoms with E-state index >= 15 is 0 Å². The zero-order valence-electron chi connectivity index (χ0n) is 22.7. The maximum atomic E-state index is 12.0. The third-order valence-electron chi connectivity index (χ3n) is 7.08. The molecule has 0 unspecified atom stereocenters. The smallest absolute Gasteiger partial charge is 0.323 e. The van der Waals surface area contributed by atoms with E-state index in [4.69, 9.17) is 14.7 Å². The molecule has 0 aromatic heterocycles. The highest BCUT2D eigenvalue weighted by Crippen LogP contribution is 2.32. The highest BCUT2D eigenvalue weighted by Gasteiger charge is 2.30. The Morgan fingerprint density at radius 1 is 1.10 bits per heavy atom. The fraction of sp³-hybridized carbons (Fsp3) is 0.303. The molecule has 1 fully saturated rings. The molecule has 4 rings (SSSR count). The number of aryl methyl sites for hydroxylation is 1. The Hall–Kier alpha value is -4.43. The van der Waals surface area contributed by atoms with Gasteiger partial charge >= 0.3 is 5.97 Å². The normalized spacial score (nSPS) is 15.4. The average Bonchev–Trinajstić information content (AvgIpc) is 2.98. The van der Waals surface area contributed by atoms with E-state index in [1.54, 1.807) is 0 Å². The lowest BCUT2D eigenvalue weighted by Gasteiger charge is -2.33. The van der Waals surface area contributed by atoms with E-state index in [1.165, 1.54) is 0 Å². The van der Waals surface area contributed by atoms with Crippen molar-refractivity contribution < 1.29 is 19.4 Å². The summed E-state index contributed by atoms with van der Waals surface area (Å²) in [6.07, 6.45) is 5.92. The van der Waals surface area contributed by atoms with Crippen LogP contribution in [0.5, 0.6) is 5.75 Å². The molecule has 7 heteroatoms. The van der Waals surface area contributed by atoms with Crippen LogP contribution in [-0.4, -0.2) is 48.4 Å². The van der Waals surface area contributed by atoms with Crippen molar-refractivity contribution in [2.75, 3.05) is 26.4 Å². The van der Waals surface area contributed by atoms with E-state index < -0.39 is 12.0 Å². The molecular weight excluding hydrogens is 502 g/mol. The van der Waals surface area contributed by atoms with Crippen LogP contribution in [-0.2, 0) is 16.1 Å². The fourth-order valence-electron chi connectivity index (χ4n) is 4.90. The van der Waals surface area contributed by atoms with Gasteiger partial charge in [0.25, 0.3) is 0 Å². The van der Waals surface area contributed by atoms with Gasteiger partial charge in [0, 0.05) is 30.6 Å². The summed E-state index contributed by atoms with van der Waals surface area (Å²) in [6, 6.07) is 23.4. The van der Waals surface area contributed by atoms with E-state index in [1.807, 2.05) is 84.6 Å². The molecule has 0 spiro atoms. The van der Waals surface area contributed by atoms with Crippen LogP contribution >= 0.6 is 0 Å². The number of aliphatic carboxylic acids is 1. The minimum absolute atomic E-state index is 0.133. The predicted octanol–water partition coefficient (Wildman–Crippen LogP) is 6.06. The van der Waals surface area contributed by atoms with Crippen molar-refractivity contribution in [2.24, 2.45) is 0 Å². The quantitative estimate of drug-likeness (QED) is 0.235. The molecule has 0 aliphatic carbocycles. The fourth-order valence-corrected chi connectivity index (χ4v) is 4.90. The third-order valence-corrected chi connectivity index (χ3v) is 7.08. The number of morpholine rings is 1. The van der Waals surface area contributed by atoms with Crippen LogP contribution in [0.1, 0.15) is 47.1 Å². The number of unbranched alkanes of at least 4 members (excludes halogenated alkanes) is 2. The van der Waals surface area contributed by atoms with E-state index in [0.717, 1.165) is 46.2 Å². The second-order valence-corrected chi connectivity index (χ2v) is 9.72. The Balaban J connectivity index is 1.72. The summed E-state index contributed by atoms with van der Waals surface area (Å²) in [7, 11) is 0. The maximum Gasteiger partial charge on any atom is 0.323 e. The molecular formula is C33H33N3O4. The first-order valence-corrected chi connectivity index (χ1v) is 13.5. The lowest BCUT2D eigenvalue weighted by atomic mass is 9.94. The van der Waals surface area contributed by atoms with Gasteiger partial charge in [-0.2, -0.15) is 10.5 Å². The van der Waals surface area contributed by atoms with E-state index in [9.17, 15) is 15.2 Å². The number of hydrogen-bond acceptors (Lipinski definition) is 6. The molecule has 0 saturated carbocycles. The summed E-state index contributed by atoms with van der Waals surface area (Å²) < 4.78 is 11.6. The number of carbonyl (C=O) groups is 1. The topological polar surface area (TPSA) is 107 Å². The van der Waals surface area contributed by atoms with Crippen LogP contribution in [0.15, 0.2) is 60.7 Å². The summed E-state index contributed by atoms with van der Waals surface area (Å²) >= 11 is 0. The molecule has 1 N–H and O–H groups in total. The van der Waals surface area contributed by atoms with Crippen LogP contribution in [0.2, 0.25) is 0 Å². The maximum absolute atomic E-state index is 12.0. The Labute approximate surface area is 235 Å². The lowest BCUT2D eigenvalue weighted by molar-refractivity contribution is -0.150. The molecule has 1 heterocycles. The Morgan fingerprint density at radius 2 is 1.93 bits per heavy atom. The van der Waals surface area contributed by atoms with Crippen LogP contribution in [0, 0.1) is 29.6 Å². The molecule has 1 atom stereocenters. The van der Waals surface area contributed by atoms with Crippen LogP contribution < -0.4 is 4.74 Å². The van der Waals surface area contributed by atoms with Crippen molar-refractivity contribution in [2.45, 2.75) is 38.8 Å². The van der Waals surface area contributed by atoms with Crippen molar-refractivity contribution in [1.82, 2.24) is 4.90 Å². The molecule has 3 aromatic rings. The summed E-state index contributed by atoms with van der Waals surface area (Å²) in [4.78, 5) is 13.9. The summed E-state index contributed by atoms with van der Waals surface area (Å²) in [6.45, 7) is 3.94. The number of hydrogen-bond donors (Lipinski definition) is 1. The zero-order chi connectivity index (χ0) is 28.3. The molecule has 1 aliphatic heterocycles. The highest BCUT2D eigenvalue weighted by atomic mass is 16.5.